The fourth-order valence-electron chi connectivity index (χ4n) is 6.79. The molecule has 1 aliphatic heterocycles. The van der Waals surface area contributed by atoms with Crippen molar-refractivity contribution in [2.75, 3.05) is 12.3 Å². The molecule has 0 saturated carbocycles. The van der Waals surface area contributed by atoms with E-state index in [9.17, 15) is 10.2 Å². The van der Waals surface area contributed by atoms with Crippen LogP contribution in [-0.4, -0.2) is 58.6 Å². The van der Waals surface area contributed by atoms with E-state index < -0.39 is 18.4 Å². The molecule has 230 valence electrons. The third kappa shape index (κ3) is 4.99. The molecule has 4 heterocycles. The number of ether oxygens (including phenoxy) is 1. The maximum Gasteiger partial charge on any atom is 0.148 e. The van der Waals surface area contributed by atoms with E-state index in [4.69, 9.17) is 10.5 Å². The maximum atomic E-state index is 10.2. The van der Waals surface area contributed by atoms with Crippen molar-refractivity contribution in [3.05, 3.63) is 90.1 Å². The van der Waals surface area contributed by atoms with Crippen LogP contribution in [0.3, 0.4) is 0 Å². The number of hydrogen-bond acceptors (Lipinski definition) is 8. The smallest absolute Gasteiger partial charge is 0.148 e. The Kier molecular flexibility index (Phi) is 7.22. The lowest BCUT2D eigenvalue weighted by Gasteiger charge is -2.14. The molecule has 0 spiro atoms. The summed E-state index contributed by atoms with van der Waals surface area (Å²) in [7, 11) is 0. The summed E-state index contributed by atoms with van der Waals surface area (Å²) in [6.07, 6.45) is 7.17. The van der Waals surface area contributed by atoms with E-state index >= 15 is 0 Å². The number of nitrogen functional groups attached to an aromatic ring is 1. The van der Waals surface area contributed by atoms with Gasteiger partial charge in [-0.25, -0.2) is 14.6 Å². The van der Waals surface area contributed by atoms with Gasteiger partial charge in [0.25, 0.3) is 0 Å². The molecule has 10 heteroatoms. The Bertz CT molecular complexity index is 2250. The van der Waals surface area contributed by atoms with E-state index in [1.165, 1.54) is 44.2 Å². The van der Waals surface area contributed by atoms with Gasteiger partial charge >= 0.3 is 0 Å². The SMILES string of the molecule is Nc1ncnc2c1c(C#CCCCCc1cn(Cc3ccc4ccc5cccc6ccc3c4c56)nn1)cn2[C@H]1C[C@H](O)[C@@H](CO)O1. The highest BCUT2D eigenvalue weighted by Gasteiger charge is 2.35. The van der Waals surface area contributed by atoms with Crippen LogP contribution in [0.15, 0.2) is 73.3 Å². The number of hydrogen-bond donors (Lipinski definition) is 3. The second kappa shape index (κ2) is 11.7. The summed E-state index contributed by atoms with van der Waals surface area (Å²) >= 11 is 0. The molecule has 1 fully saturated rings. The monoisotopic (exact) mass is 611 g/mol. The second-order valence-corrected chi connectivity index (χ2v) is 12.0. The molecular formula is C36H33N7O3. The van der Waals surface area contributed by atoms with Crippen LogP contribution in [0.1, 0.15) is 48.7 Å². The van der Waals surface area contributed by atoms with Crippen molar-refractivity contribution < 1.29 is 14.9 Å². The molecule has 3 atom stereocenters. The number of aromatic nitrogens is 6. The van der Waals surface area contributed by atoms with Gasteiger partial charge < -0.3 is 25.3 Å². The van der Waals surface area contributed by atoms with E-state index in [1.807, 2.05) is 21.6 Å². The molecule has 10 nitrogen and oxygen atoms in total. The lowest BCUT2D eigenvalue weighted by atomic mass is 9.92. The molecule has 0 amide bonds. The maximum absolute atomic E-state index is 10.2. The Hall–Kier alpha value is -5.08. The number of fused-ring (bicyclic) bond motifs is 1. The highest BCUT2D eigenvalue weighted by Crippen LogP contribution is 2.36. The number of anilines is 1. The van der Waals surface area contributed by atoms with Gasteiger partial charge in [-0.05, 0) is 57.1 Å². The normalized spacial score (nSPS) is 18.3. The summed E-state index contributed by atoms with van der Waals surface area (Å²) < 4.78 is 9.60. The Morgan fingerprint density at radius 1 is 0.935 bits per heavy atom. The van der Waals surface area contributed by atoms with Gasteiger partial charge in [0.2, 0.25) is 0 Å². The minimum absolute atomic E-state index is 0.252. The van der Waals surface area contributed by atoms with Crippen molar-refractivity contribution in [2.45, 2.75) is 57.1 Å². The van der Waals surface area contributed by atoms with Crippen molar-refractivity contribution >= 4 is 49.2 Å². The number of rotatable bonds is 8. The zero-order valence-corrected chi connectivity index (χ0v) is 25.2. The number of aliphatic hydroxyl groups is 2. The van der Waals surface area contributed by atoms with Gasteiger partial charge in [0.15, 0.2) is 0 Å². The van der Waals surface area contributed by atoms with Gasteiger partial charge in [0.05, 0.1) is 35.9 Å². The van der Waals surface area contributed by atoms with E-state index in [-0.39, 0.29) is 6.61 Å². The summed E-state index contributed by atoms with van der Waals surface area (Å²) in [5.74, 6) is 6.85. The molecular weight excluding hydrogens is 578 g/mol. The molecule has 1 aliphatic rings. The first-order valence-electron chi connectivity index (χ1n) is 15.7. The third-order valence-corrected chi connectivity index (χ3v) is 9.08. The van der Waals surface area contributed by atoms with Crippen molar-refractivity contribution in [3.8, 4) is 11.8 Å². The van der Waals surface area contributed by atoms with Crippen molar-refractivity contribution in [3.63, 3.8) is 0 Å². The highest BCUT2D eigenvalue weighted by atomic mass is 16.5. The van der Waals surface area contributed by atoms with Gasteiger partial charge in [-0.15, -0.1) is 5.10 Å². The van der Waals surface area contributed by atoms with Crippen molar-refractivity contribution in [2.24, 2.45) is 0 Å². The quantitative estimate of drug-likeness (QED) is 0.125. The van der Waals surface area contributed by atoms with Crippen LogP contribution in [0.5, 0.6) is 0 Å². The first-order valence-corrected chi connectivity index (χ1v) is 15.7. The highest BCUT2D eigenvalue weighted by molar-refractivity contribution is 6.23. The van der Waals surface area contributed by atoms with Gasteiger partial charge in [-0.1, -0.05) is 71.7 Å². The molecule has 7 aromatic rings. The van der Waals surface area contributed by atoms with Gasteiger partial charge in [-0.2, -0.15) is 0 Å². The summed E-state index contributed by atoms with van der Waals surface area (Å²) in [6.45, 7) is 0.414. The van der Waals surface area contributed by atoms with Crippen LogP contribution in [-0.2, 0) is 17.7 Å². The fourth-order valence-corrected chi connectivity index (χ4v) is 6.79. The molecule has 0 bridgehead atoms. The number of aliphatic hydroxyl groups excluding tert-OH is 2. The van der Waals surface area contributed by atoms with Crippen molar-refractivity contribution in [1.29, 1.82) is 0 Å². The molecule has 0 radical (unpaired) electrons. The van der Waals surface area contributed by atoms with Crippen LogP contribution in [0.4, 0.5) is 5.82 Å². The summed E-state index contributed by atoms with van der Waals surface area (Å²) in [5, 5.41) is 36.9. The van der Waals surface area contributed by atoms with Crippen LogP contribution >= 0.6 is 0 Å². The molecule has 3 aromatic heterocycles. The molecule has 0 aliphatic carbocycles. The number of nitrogens with zero attached hydrogens (tertiary/aromatic N) is 6. The van der Waals surface area contributed by atoms with Gasteiger partial charge in [-0.3, -0.25) is 0 Å². The molecule has 4 aromatic carbocycles. The average Bonchev–Trinajstić information content (AvgIpc) is 3.79. The molecule has 1 saturated heterocycles. The second-order valence-electron chi connectivity index (χ2n) is 12.0. The fraction of sp³-hybridized carbons (Fsp3) is 0.278. The number of nitrogens with two attached hydrogens (primary N) is 1. The van der Waals surface area contributed by atoms with Crippen LogP contribution in [0, 0.1) is 11.8 Å². The summed E-state index contributed by atoms with van der Waals surface area (Å²) in [4.78, 5) is 8.55. The minimum atomic E-state index is -0.754. The van der Waals surface area contributed by atoms with E-state index in [0.29, 0.717) is 41.8 Å². The molecule has 4 N–H and O–H groups in total. The van der Waals surface area contributed by atoms with Crippen LogP contribution in [0.25, 0.3) is 43.4 Å². The molecule has 46 heavy (non-hydrogen) atoms. The standard InChI is InChI=1S/C36H33N7O3/c37-35-34-26(18-43(36(34)39-21-38-35)31-16-29(45)30(20-44)46-31)6-3-1-2-4-9-27-19-42(41-40-27)17-25-13-12-24-11-10-22-7-5-8-23-14-15-28(25)33(24)32(22)23/h5,7-8,10-15,18-19,21,29-31,44-45H,1-2,4,9,16-17,20H2,(H2,37,38,39)/t29-,30+,31+/m0/s1. The number of aryl methyl sites for hydroxylation is 1. The van der Waals surface area contributed by atoms with Gasteiger partial charge in [0.1, 0.15) is 30.1 Å². The number of unbranched alkanes of at least 4 members (excludes halogenated alkanes) is 2. The topological polar surface area (TPSA) is 137 Å². The zero-order valence-electron chi connectivity index (χ0n) is 25.2. The molecule has 8 rings (SSSR count). The lowest BCUT2D eigenvalue weighted by molar-refractivity contribution is -0.0430. The van der Waals surface area contributed by atoms with Crippen molar-refractivity contribution in [1.82, 2.24) is 29.5 Å². The Labute approximate surface area is 264 Å². The zero-order chi connectivity index (χ0) is 31.2. The lowest BCUT2D eigenvalue weighted by Crippen LogP contribution is -2.24. The van der Waals surface area contributed by atoms with E-state index in [2.05, 4.69) is 86.7 Å². The summed E-state index contributed by atoms with van der Waals surface area (Å²) in [6, 6.07) is 19.8. The predicted octanol–water partition coefficient (Wildman–Crippen LogP) is 4.96. The number of benzene rings is 4. The predicted molar refractivity (Wildman–Crippen MR) is 177 cm³/mol. The Balaban J connectivity index is 0.917. The Morgan fingerprint density at radius 3 is 2.57 bits per heavy atom. The van der Waals surface area contributed by atoms with E-state index in [1.54, 1.807) is 0 Å². The minimum Gasteiger partial charge on any atom is -0.394 e. The average molecular weight is 612 g/mol. The Morgan fingerprint density at radius 2 is 1.74 bits per heavy atom. The first-order chi connectivity index (χ1) is 22.6. The van der Waals surface area contributed by atoms with Crippen LogP contribution in [0.2, 0.25) is 0 Å². The largest absolute Gasteiger partial charge is 0.394 e. The van der Waals surface area contributed by atoms with Gasteiger partial charge in [0, 0.05) is 25.2 Å². The summed E-state index contributed by atoms with van der Waals surface area (Å²) in [5.41, 5.74) is 9.71. The first kappa shape index (κ1) is 28.4. The molecule has 0 unspecified atom stereocenters. The van der Waals surface area contributed by atoms with Crippen LogP contribution < -0.4 is 5.73 Å². The van der Waals surface area contributed by atoms with E-state index in [0.717, 1.165) is 25.0 Å². The third-order valence-electron chi connectivity index (χ3n) is 9.08.